The summed E-state index contributed by atoms with van der Waals surface area (Å²) in [5.41, 5.74) is -0.0644. The van der Waals surface area contributed by atoms with Crippen molar-refractivity contribution in [2.24, 2.45) is 0 Å². The van der Waals surface area contributed by atoms with Gasteiger partial charge >= 0.3 is 5.97 Å². The number of alkyl halides is 1. The Bertz CT molecular complexity index is 336. The molecule has 0 aromatic carbocycles. The lowest BCUT2D eigenvalue weighted by atomic mass is 10.3. The van der Waals surface area contributed by atoms with E-state index < -0.39 is 11.9 Å². The molecule has 7 heteroatoms. The van der Waals surface area contributed by atoms with Gasteiger partial charge in [-0.2, -0.15) is 5.26 Å². The average Bonchev–Trinajstić information content (AvgIpc) is 2.30. The first-order valence-corrected chi connectivity index (χ1v) is 5.55. The normalized spacial score (nSPS) is 10.5. The van der Waals surface area contributed by atoms with E-state index in [0.717, 1.165) is 0 Å². The molecule has 17 heavy (non-hydrogen) atoms. The molecule has 0 saturated heterocycles. The summed E-state index contributed by atoms with van der Waals surface area (Å²) in [7, 11) is 0. The van der Waals surface area contributed by atoms with Crippen molar-refractivity contribution in [1.82, 2.24) is 10.6 Å². The fraction of sp³-hybridized carbons (Fsp3) is 0.500. The van der Waals surface area contributed by atoms with Crippen molar-refractivity contribution in [3.63, 3.8) is 0 Å². The van der Waals surface area contributed by atoms with Crippen LogP contribution in [0, 0.1) is 11.3 Å². The predicted molar refractivity (Wildman–Crippen MR) is 62.3 cm³/mol. The van der Waals surface area contributed by atoms with Crippen LogP contribution in [0.3, 0.4) is 0 Å². The minimum atomic E-state index is -0.879. The molecule has 6 nitrogen and oxygen atoms in total. The van der Waals surface area contributed by atoms with Gasteiger partial charge in [-0.05, 0) is 6.42 Å². The van der Waals surface area contributed by atoms with Crippen LogP contribution in [0.25, 0.3) is 0 Å². The smallest absolute Gasteiger partial charge is 0.303 e. The van der Waals surface area contributed by atoms with Crippen molar-refractivity contribution in [3.05, 3.63) is 11.8 Å². The molecule has 3 N–H and O–H groups in total. The molecule has 0 atom stereocenters. The number of hydrogen-bond donors (Lipinski definition) is 3. The van der Waals surface area contributed by atoms with Gasteiger partial charge in [0.1, 0.15) is 11.6 Å². The van der Waals surface area contributed by atoms with Crippen LogP contribution in [-0.4, -0.2) is 36.0 Å². The highest BCUT2D eigenvalue weighted by molar-refractivity contribution is 6.18. The van der Waals surface area contributed by atoms with Crippen LogP contribution in [-0.2, 0) is 9.59 Å². The monoisotopic (exact) mass is 259 g/mol. The molecule has 0 unspecified atom stereocenters. The number of aliphatic carboxylic acids is 1. The summed E-state index contributed by atoms with van der Waals surface area (Å²) in [5, 5.41) is 22.2. The van der Waals surface area contributed by atoms with Gasteiger partial charge in [0.25, 0.3) is 5.91 Å². The van der Waals surface area contributed by atoms with Gasteiger partial charge in [0.05, 0.1) is 0 Å². The highest BCUT2D eigenvalue weighted by atomic mass is 35.5. The maximum Gasteiger partial charge on any atom is 0.303 e. The fourth-order valence-electron chi connectivity index (χ4n) is 0.921. The quantitative estimate of drug-likeness (QED) is 0.250. The first-order chi connectivity index (χ1) is 8.11. The second-order valence-corrected chi connectivity index (χ2v) is 3.44. The van der Waals surface area contributed by atoms with E-state index >= 15 is 0 Å². The molecule has 0 heterocycles. The Morgan fingerprint density at radius 1 is 1.41 bits per heavy atom. The Hall–Kier alpha value is -1.74. The predicted octanol–water partition coefficient (Wildman–Crippen LogP) is 0.203. The van der Waals surface area contributed by atoms with E-state index in [9.17, 15) is 9.59 Å². The Labute approximate surface area is 104 Å². The van der Waals surface area contributed by atoms with E-state index in [0.29, 0.717) is 19.5 Å². The van der Waals surface area contributed by atoms with Crippen LogP contribution < -0.4 is 10.6 Å². The van der Waals surface area contributed by atoms with E-state index in [-0.39, 0.29) is 17.9 Å². The maximum absolute atomic E-state index is 11.3. The number of hydrogen-bond acceptors (Lipinski definition) is 4. The molecule has 0 rings (SSSR count). The summed E-state index contributed by atoms with van der Waals surface area (Å²) in [6, 6.07) is 1.74. The zero-order valence-electron chi connectivity index (χ0n) is 9.20. The second kappa shape index (κ2) is 9.48. The maximum atomic E-state index is 11.3. The van der Waals surface area contributed by atoms with Gasteiger partial charge in [-0.15, -0.1) is 11.6 Å². The lowest BCUT2D eigenvalue weighted by Gasteiger charge is -2.02. The summed E-state index contributed by atoms with van der Waals surface area (Å²) < 4.78 is 0. The number of carboxylic acids is 1. The number of amides is 1. The van der Waals surface area contributed by atoms with Crippen LogP contribution >= 0.6 is 11.6 Å². The highest BCUT2D eigenvalue weighted by Gasteiger charge is 2.06. The van der Waals surface area contributed by atoms with Gasteiger partial charge in [-0.1, -0.05) is 0 Å². The van der Waals surface area contributed by atoms with Crippen molar-refractivity contribution in [2.45, 2.75) is 12.8 Å². The summed E-state index contributed by atoms with van der Waals surface area (Å²) in [6.07, 6.45) is 1.74. The molecule has 1 amide bonds. The first-order valence-electron chi connectivity index (χ1n) is 5.01. The molecule has 0 saturated carbocycles. The number of carboxylic acid groups (broad SMARTS) is 1. The number of carbonyl (C=O) groups is 2. The number of nitriles is 1. The number of nitrogens with zero attached hydrogens (tertiary/aromatic N) is 1. The minimum absolute atomic E-state index is 0.0428. The van der Waals surface area contributed by atoms with Crippen LogP contribution in [0.1, 0.15) is 12.8 Å². The highest BCUT2D eigenvalue weighted by Crippen LogP contribution is 1.91. The summed E-state index contributed by atoms with van der Waals surface area (Å²) >= 11 is 5.38. The SMILES string of the molecule is N#C/C(=C/NCCCC(=O)O)C(=O)NCCCl. The van der Waals surface area contributed by atoms with Crippen LogP contribution in [0.15, 0.2) is 11.8 Å². The topological polar surface area (TPSA) is 102 Å². The summed E-state index contributed by atoms with van der Waals surface area (Å²) in [4.78, 5) is 21.5. The minimum Gasteiger partial charge on any atom is -0.481 e. The van der Waals surface area contributed by atoms with E-state index in [1.54, 1.807) is 6.07 Å². The van der Waals surface area contributed by atoms with Gasteiger partial charge in [0.2, 0.25) is 0 Å². The van der Waals surface area contributed by atoms with Crippen molar-refractivity contribution < 1.29 is 14.7 Å². The molecule has 0 radical (unpaired) electrons. The fourth-order valence-corrected chi connectivity index (χ4v) is 1.01. The van der Waals surface area contributed by atoms with Crippen LogP contribution in [0.2, 0.25) is 0 Å². The average molecular weight is 260 g/mol. The van der Waals surface area contributed by atoms with Crippen LogP contribution in [0.4, 0.5) is 0 Å². The molecule has 0 aliphatic heterocycles. The lowest BCUT2D eigenvalue weighted by molar-refractivity contribution is -0.137. The Morgan fingerprint density at radius 2 is 2.12 bits per heavy atom. The second-order valence-electron chi connectivity index (χ2n) is 3.07. The number of nitrogens with one attached hydrogen (secondary N) is 2. The van der Waals surface area contributed by atoms with Gasteiger partial charge in [-0.25, -0.2) is 0 Å². The van der Waals surface area contributed by atoms with Gasteiger partial charge < -0.3 is 15.7 Å². The molecule has 0 fully saturated rings. The molecule has 0 bridgehead atoms. The van der Waals surface area contributed by atoms with Crippen molar-refractivity contribution >= 4 is 23.5 Å². The number of halogens is 1. The third-order valence-electron chi connectivity index (χ3n) is 1.70. The third kappa shape index (κ3) is 8.11. The Kier molecular flexibility index (Phi) is 8.51. The Morgan fingerprint density at radius 3 is 2.65 bits per heavy atom. The zero-order chi connectivity index (χ0) is 13.1. The number of carbonyl (C=O) groups excluding carboxylic acids is 1. The molecule has 0 aliphatic rings. The van der Waals surface area contributed by atoms with Crippen molar-refractivity contribution in [3.8, 4) is 6.07 Å². The van der Waals surface area contributed by atoms with Crippen LogP contribution in [0.5, 0.6) is 0 Å². The third-order valence-corrected chi connectivity index (χ3v) is 1.89. The van der Waals surface area contributed by atoms with Gasteiger partial charge in [0.15, 0.2) is 0 Å². The summed E-state index contributed by atoms with van der Waals surface area (Å²) in [5.74, 6) is -1.11. The van der Waals surface area contributed by atoms with Gasteiger partial charge in [-0.3, -0.25) is 9.59 Å². The zero-order valence-corrected chi connectivity index (χ0v) is 9.96. The van der Waals surface area contributed by atoms with E-state index in [2.05, 4.69) is 10.6 Å². The van der Waals surface area contributed by atoms with E-state index in [4.69, 9.17) is 22.0 Å². The molecule has 94 valence electrons. The molecule has 0 spiro atoms. The molecule has 0 aromatic heterocycles. The van der Waals surface area contributed by atoms with Crippen molar-refractivity contribution in [2.75, 3.05) is 19.0 Å². The largest absolute Gasteiger partial charge is 0.481 e. The lowest BCUT2D eigenvalue weighted by Crippen LogP contribution is -2.27. The van der Waals surface area contributed by atoms with Crippen molar-refractivity contribution in [1.29, 1.82) is 5.26 Å². The molecular weight excluding hydrogens is 246 g/mol. The molecule has 0 aliphatic carbocycles. The molecular formula is C10H14ClN3O3. The summed E-state index contributed by atoms with van der Waals surface area (Å²) in [6.45, 7) is 0.679. The standard InChI is InChI=1S/C10H14ClN3O3/c11-3-5-14-10(17)8(6-12)7-13-4-1-2-9(15)16/h7,13H,1-5H2,(H,14,17)(H,15,16)/b8-7-. The first kappa shape index (κ1) is 15.3. The molecule has 0 aromatic rings. The van der Waals surface area contributed by atoms with E-state index in [1.807, 2.05) is 0 Å². The van der Waals surface area contributed by atoms with E-state index in [1.165, 1.54) is 6.20 Å². The number of rotatable bonds is 8. The Balaban J connectivity index is 3.97. The van der Waals surface area contributed by atoms with Gasteiger partial charge in [0, 0.05) is 31.6 Å².